The Balaban J connectivity index is 1.94. The van der Waals surface area contributed by atoms with E-state index in [0.717, 1.165) is 22.2 Å². The van der Waals surface area contributed by atoms with Crippen LogP contribution in [0, 0.1) is 5.82 Å². The number of hydrogen-bond acceptors (Lipinski definition) is 2. The van der Waals surface area contributed by atoms with E-state index in [1.165, 1.54) is 12.1 Å². The normalized spacial score (nSPS) is 15.0. The predicted molar refractivity (Wildman–Crippen MR) is 83.6 cm³/mol. The minimum Gasteiger partial charge on any atom is -0.444 e. The molecule has 0 aliphatic carbocycles. The van der Waals surface area contributed by atoms with Crippen molar-refractivity contribution in [3.05, 3.63) is 34.2 Å². The smallest absolute Gasteiger partial charge is 0.410 e. The average molecular weight is 325 g/mol. The molecule has 3 rings (SSSR count). The lowest BCUT2D eigenvalue weighted by molar-refractivity contribution is 0.0224. The van der Waals surface area contributed by atoms with E-state index in [1.54, 1.807) is 4.90 Å². The molecule has 22 heavy (non-hydrogen) atoms. The van der Waals surface area contributed by atoms with Gasteiger partial charge in [0.1, 0.15) is 11.4 Å². The number of rotatable bonds is 0. The molecule has 0 unspecified atom stereocenters. The zero-order chi connectivity index (χ0) is 16.1. The van der Waals surface area contributed by atoms with Crippen molar-refractivity contribution < 1.29 is 13.9 Å². The largest absolute Gasteiger partial charge is 0.444 e. The van der Waals surface area contributed by atoms with Crippen molar-refractivity contribution in [1.29, 1.82) is 0 Å². The van der Waals surface area contributed by atoms with Crippen molar-refractivity contribution in [3.8, 4) is 0 Å². The van der Waals surface area contributed by atoms with Crippen molar-refractivity contribution in [3.63, 3.8) is 0 Å². The van der Waals surface area contributed by atoms with Crippen LogP contribution in [0.15, 0.2) is 12.1 Å². The molecule has 0 saturated carbocycles. The molecule has 0 fully saturated rings. The second-order valence-electron chi connectivity index (χ2n) is 6.54. The molecule has 0 atom stereocenters. The van der Waals surface area contributed by atoms with Crippen molar-refractivity contribution in [2.45, 2.75) is 39.3 Å². The van der Waals surface area contributed by atoms with Crippen LogP contribution in [0.2, 0.25) is 5.02 Å². The molecule has 6 heteroatoms. The van der Waals surface area contributed by atoms with Gasteiger partial charge in [-0.1, -0.05) is 11.6 Å². The van der Waals surface area contributed by atoms with Gasteiger partial charge in [-0.3, -0.25) is 0 Å². The second-order valence-corrected chi connectivity index (χ2v) is 6.95. The van der Waals surface area contributed by atoms with Crippen molar-refractivity contribution in [1.82, 2.24) is 9.88 Å². The van der Waals surface area contributed by atoms with E-state index < -0.39 is 5.60 Å². The number of fused-ring (bicyclic) bond motifs is 3. The number of nitrogens with zero attached hydrogens (tertiary/aromatic N) is 1. The SMILES string of the molecule is CC(C)(C)OC(=O)N1CCc2[nH]c3c(Cl)cc(F)cc3c2C1. The number of ether oxygens (including phenoxy) is 1. The van der Waals surface area contributed by atoms with Gasteiger partial charge in [0, 0.05) is 29.6 Å². The van der Waals surface area contributed by atoms with Crippen LogP contribution < -0.4 is 0 Å². The zero-order valence-electron chi connectivity index (χ0n) is 12.8. The molecule has 0 radical (unpaired) electrons. The first-order chi connectivity index (χ1) is 10.2. The van der Waals surface area contributed by atoms with Crippen LogP contribution in [0.4, 0.5) is 9.18 Å². The number of halogens is 2. The molecule has 118 valence electrons. The Morgan fingerprint density at radius 1 is 1.41 bits per heavy atom. The number of nitrogens with one attached hydrogen (secondary N) is 1. The third-order valence-electron chi connectivity index (χ3n) is 3.65. The summed E-state index contributed by atoms with van der Waals surface area (Å²) < 4.78 is 19.0. The topological polar surface area (TPSA) is 45.3 Å². The Labute approximate surface area is 133 Å². The molecule has 2 heterocycles. The summed E-state index contributed by atoms with van der Waals surface area (Å²) in [6.45, 7) is 6.46. The molecule has 1 aliphatic heterocycles. The van der Waals surface area contributed by atoms with Crippen LogP contribution in [0.1, 0.15) is 32.0 Å². The van der Waals surface area contributed by atoms with Gasteiger partial charge in [0.2, 0.25) is 0 Å². The number of carbonyl (C=O) groups is 1. The Morgan fingerprint density at radius 2 is 2.14 bits per heavy atom. The van der Waals surface area contributed by atoms with Gasteiger partial charge in [-0.25, -0.2) is 9.18 Å². The third-order valence-corrected chi connectivity index (χ3v) is 3.95. The van der Waals surface area contributed by atoms with Crippen LogP contribution in [-0.4, -0.2) is 28.1 Å². The maximum atomic E-state index is 13.6. The fourth-order valence-corrected chi connectivity index (χ4v) is 2.97. The third kappa shape index (κ3) is 2.77. The van der Waals surface area contributed by atoms with Gasteiger partial charge in [-0.15, -0.1) is 0 Å². The Morgan fingerprint density at radius 3 is 2.82 bits per heavy atom. The van der Waals surface area contributed by atoms with E-state index in [1.807, 2.05) is 20.8 Å². The number of hydrogen-bond donors (Lipinski definition) is 1. The van der Waals surface area contributed by atoms with Gasteiger partial charge in [-0.2, -0.15) is 0 Å². The van der Waals surface area contributed by atoms with Crippen LogP contribution in [0.5, 0.6) is 0 Å². The van der Waals surface area contributed by atoms with Crippen molar-refractivity contribution >= 4 is 28.6 Å². The van der Waals surface area contributed by atoms with E-state index in [2.05, 4.69) is 4.98 Å². The minimum absolute atomic E-state index is 0.352. The average Bonchev–Trinajstić information content (AvgIpc) is 2.75. The van der Waals surface area contributed by atoms with Crippen LogP contribution in [-0.2, 0) is 17.7 Å². The van der Waals surface area contributed by atoms with E-state index >= 15 is 0 Å². The molecule has 4 nitrogen and oxygen atoms in total. The summed E-state index contributed by atoms with van der Waals surface area (Å²) in [5.74, 6) is -0.381. The summed E-state index contributed by atoms with van der Waals surface area (Å²) in [5, 5.41) is 1.08. The highest BCUT2D eigenvalue weighted by molar-refractivity contribution is 6.35. The van der Waals surface area contributed by atoms with E-state index in [0.29, 0.717) is 24.5 Å². The van der Waals surface area contributed by atoms with Gasteiger partial charge >= 0.3 is 6.09 Å². The number of H-pyrrole nitrogens is 1. The highest BCUT2D eigenvalue weighted by Crippen LogP contribution is 2.33. The van der Waals surface area contributed by atoms with Crippen LogP contribution in [0.3, 0.4) is 0 Å². The highest BCUT2D eigenvalue weighted by atomic mass is 35.5. The second kappa shape index (κ2) is 5.16. The maximum absolute atomic E-state index is 13.6. The van der Waals surface area contributed by atoms with E-state index in [-0.39, 0.29) is 11.9 Å². The fraction of sp³-hybridized carbons (Fsp3) is 0.438. The first-order valence-electron chi connectivity index (χ1n) is 7.21. The molecular weight excluding hydrogens is 307 g/mol. The first-order valence-corrected chi connectivity index (χ1v) is 7.59. The van der Waals surface area contributed by atoms with E-state index in [4.69, 9.17) is 16.3 Å². The van der Waals surface area contributed by atoms with Crippen molar-refractivity contribution in [2.24, 2.45) is 0 Å². The minimum atomic E-state index is -0.535. The maximum Gasteiger partial charge on any atom is 0.410 e. The molecule has 0 bridgehead atoms. The fourth-order valence-electron chi connectivity index (χ4n) is 2.72. The predicted octanol–water partition coefficient (Wildman–Crippen LogP) is 4.25. The van der Waals surface area contributed by atoms with Gasteiger partial charge in [0.05, 0.1) is 17.1 Å². The first kappa shape index (κ1) is 15.2. The lowest BCUT2D eigenvalue weighted by Crippen LogP contribution is -2.39. The van der Waals surface area contributed by atoms with Gasteiger partial charge < -0.3 is 14.6 Å². The lowest BCUT2D eigenvalue weighted by Gasteiger charge is -2.30. The Bertz CT molecular complexity index is 749. The standard InChI is InChI=1S/C16H18ClFN2O2/c1-16(2,3)22-15(21)20-5-4-13-11(8-20)10-6-9(18)7-12(17)14(10)19-13/h6-7,19H,4-5,8H2,1-3H3. The highest BCUT2D eigenvalue weighted by Gasteiger charge is 2.28. The molecule has 0 saturated heterocycles. The molecule has 1 amide bonds. The van der Waals surface area contributed by atoms with Crippen molar-refractivity contribution in [2.75, 3.05) is 6.54 Å². The Hall–Kier alpha value is -1.75. The van der Waals surface area contributed by atoms with Crippen LogP contribution >= 0.6 is 11.6 Å². The number of aromatic nitrogens is 1. The molecule has 0 spiro atoms. The monoisotopic (exact) mass is 324 g/mol. The molecule has 1 N–H and O–H groups in total. The van der Waals surface area contributed by atoms with Gasteiger partial charge in [0.25, 0.3) is 0 Å². The zero-order valence-corrected chi connectivity index (χ0v) is 13.6. The molecule has 2 aromatic rings. The summed E-state index contributed by atoms with van der Waals surface area (Å²) in [6.07, 6.45) is 0.316. The van der Waals surface area contributed by atoms with E-state index in [9.17, 15) is 9.18 Å². The summed E-state index contributed by atoms with van der Waals surface area (Å²) in [7, 11) is 0. The number of benzene rings is 1. The number of carbonyl (C=O) groups excluding carboxylic acids is 1. The summed E-state index contributed by atoms with van der Waals surface area (Å²) in [6, 6.07) is 2.74. The summed E-state index contributed by atoms with van der Waals surface area (Å²) in [4.78, 5) is 17.1. The number of aromatic amines is 1. The lowest BCUT2D eigenvalue weighted by atomic mass is 10.0. The van der Waals surface area contributed by atoms with Crippen LogP contribution in [0.25, 0.3) is 10.9 Å². The quantitative estimate of drug-likeness (QED) is 0.787. The number of amides is 1. The summed E-state index contributed by atoms with van der Waals surface area (Å²) in [5.41, 5.74) is 2.10. The molecule has 1 aromatic carbocycles. The Kier molecular flexibility index (Phi) is 3.56. The van der Waals surface area contributed by atoms with Gasteiger partial charge in [0.15, 0.2) is 0 Å². The van der Waals surface area contributed by atoms with Gasteiger partial charge in [-0.05, 0) is 32.9 Å². The molecule has 1 aliphatic rings. The summed E-state index contributed by atoms with van der Waals surface area (Å²) >= 11 is 6.09. The molecule has 1 aromatic heterocycles. The molecular formula is C16H18ClFN2O2.